The second kappa shape index (κ2) is 7.39. The average molecular weight is 288 g/mol. The molecule has 116 valence electrons. The van der Waals surface area contributed by atoms with Gasteiger partial charge in [-0.2, -0.15) is 0 Å². The second-order valence-electron chi connectivity index (χ2n) is 6.46. The SMILES string of the molecule is NC(CCCN1CCOC2CCCCC21)c1ccccc1. The standard InChI is InChI=1S/C18H28N2O/c19-16(15-7-2-1-3-8-15)9-6-12-20-13-14-21-18-11-5-4-10-17(18)20/h1-3,7-8,16-18H,4-6,9-14,19H2. The van der Waals surface area contributed by atoms with E-state index < -0.39 is 0 Å². The molecule has 1 aliphatic heterocycles. The third-order valence-electron chi connectivity index (χ3n) is 5.04. The first-order valence-electron chi connectivity index (χ1n) is 8.51. The fraction of sp³-hybridized carbons (Fsp3) is 0.667. The Labute approximate surface area is 128 Å². The highest BCUT2D eigenvalue weighted by Crippen LogP contribution is 2.28. The number of nitrogens with zero attached hydrogens (tertiary/aromatic N) is 1. The van der Waals surface area contributed by atoms with Gasteiger partial charge in [0.2, 0.25) is 0 Å². The maximum atomic E-state index is 6.30. The van der Waals surface area contributed by atoms with E-state index in [0.717, 1.165) is 19.6 Å². The van der Waals surface area contributed by atoms with E-state index in [0.29, 0.717) is 12.1 Å². The van der Waals surface area contributed by atoms with Crippen molar-refractivity contribution < 1.29 is 4.74 Å². The highest BCUT2D eigenvalue weighted by Gasteiger charge is 2.33. The van der Waals surface area contributed by atoms with Gasteiger partial charge in [-0.15, -0.1) is 0 Å². The average Bonchev–Trinajstić information content (AvgIpc) is 2.56. The van der Waals surface area contributed by atoms with Crippen LogP contribution in [0.25, 0.3) is 0 Å². The van der Waals surface area contributed by atoms with E-state index >= 15 is 0 Å². The molecule has 3 nitrogen and oxygen atoms in total. The number of hydrogen-bond donors (Lipinski definition) is 1. The summed E-state index contributed by atoms with van der Waals surface area (Å²) in [6.45, 7) is 3.18. The third kappa shape index (κ3) is 3.85. The molecule has 3 unspecified atom stereocenters. The second-order valence-corrected chi connectivity index (χ2v) is 6.46. The van der Waals surface area contributed by atoms with Gasteiger partial charge < -0.3 is 10.5 Å². The molecule has 1 aromatic rings. The number of benzene rings is 1. The van der Waals surface area contributed by atoms with Crippen LogP contribution >= 0.6 is 0 Å². The number of ether oxygens (including phenoxy) is 1. The number of nitrogens with two attached hydrogens (primary N) is 1. The highest BCUT2D eigenvalue weighted by molar-refractivity contribution is 5.18. The lowest BCUT2D eigenvalue weighted by Gasteiger charge is -2.44. The molecule has 1 heterocycles. The quantitative estimate of drug-likeness (QED) is 0.905. The lowest BCUT2D eigenvalue weighted by Crippen LogP contribution is -2.52. The zero-order chi connectivity index (χ0) is 14.5. The first-order valence-corrected chi connectivity index (χ1v) is 8.51. The molecule has 0 radical (unpaired) electrons. The molecule has 21 heavy (non-hydrogen) atoms. The molecule has 1 saturated carbocycles. The first kappa shape index (κ1) is 15.0. The van der Waals surface area contributed by atoms with Crippen molar-refractivity contribution in [2.24, 2.45) is 5.73 Å². The summed E-state index contributed by atoms with van der Waals surface area (Å²) in [7, 11) is 0. The predicted octanol–water partition coefficient (Wildman–Crippen LogP) is 3.11. The Balaban J connectivity index is 1.46. The van der Waals surface area contributed by atoms with Gasteiger partial charge >= 0.3 is 0 Å². The molecule has 1 aliphatic carbocycles. The van der Waals surface area contributed by atoms with E-state index in [4.69, 9.17) is 10.5 Å². The van der Waals surface area contributed by atoms with E-state index in [1.807, 2.05) is 6.07 Å². The van der Waals surface area contributed by atoms with E-state index in [1.165, 1.54) is 44.2 Å². The molecule has 0 spiro atoms. The van der Waals surface area contributed by atoms with Crippen LogP contribution in [-0.4, -0.2) is 36.7 Å². The maximum Gasteiger partial charge on any atom is 0.0730 e. The van der Waals surface area contributed by atoms with Gasteiger partial charge in [-0.05, 0) is 37.8 Å². The molecule has 0 amide bonds. The Morgan fingerprint density at radius 2 is 2.00 bits per heavy atom. The smallest absolute Gasteiger partial charge is 0.0730 e. The van der Waals surface area contributed by atoms with Gasteiger partial charge in [-0.1, -0.05) is 43.2 Å². The molecule has 0 aromatic heterocycles. The van der Waals surface area contributed by atoms with Crippen LogP contribution in [0, 0.1) is 0 Å². The summed E-state index contributed by atoms with van der Waals surface area (Å²) in [5, 5.41) is 0. The van der Waals surface area contributed by atoms with E-state index in [-0.39, 0.29) is 6.04 Å². The Morgan fingerprint density at radius 3 is 2.86 bits per heavy atom. The normalized spacial score (nSPS) is 28.0. The van der Waals surface area contributed by atoms with Crippen molar-refractivity contribution in [1.82, 2.24) is 4.90 Å². The van der Waals surface area contributed by atoms with Gasteiger partial charge in [0.25, 0.3) is 0 Å². The maximum absolute atomic E-state index is 6.30. The van der Waals surface area contributed by atoms with Gasteiger partial charge in [0.1, 0.15) is 0 Å². The summed E-state index contributed by atoms with van der Waals surface area (Å²) in [5.41, 5.74) is 7.56. The van der Waals surface area contributed by atoms with Crippen molar-refractivity contribution >= 4 is 0 Å². The summed E-state index contributed by atoms with van der Waals surface area (Å²) in [5.74, 6) is 0. The van der Waals surface area contributed by atoms with Crippen molar-refractivity contribution in [3.05, 3.63) is 35.9 Å². The van der Waals surface area contributed by atoms with Crippen LogP contribution in [0.4, 0.5) is 0 Å². The van der Waals surface area contributed by atoms with Crippen LogP contribution in [0.1, 0.15) is 50.1 Å². The molecule has 1 aromatic carbocycles. The van der Waals surface area contributed by atoms with Gasteiger partial charge in [0, 0.05) is 18.6 Å². The van der Waals surface area contributed by atoms with Gasteiger partial charge in [-0.25, -0.2) is 0 Å². The van der Waals surface area contributed by atoms with E-state index in [2.05, 4.69) is 29.2 Å². The summed E-state index contributed by atoms with van der Waals surface area (Å²) in [4.78, 5) is 2.66. The van der Waals surface area contributed by atoms with Crippen LogP contribution in [0.15, 0.2) is 30.3 Å². The topological polar surface area (TPSA) is 38.5 Å². The zero-order valence-corrected chi connectivity index (χ0v) is 12.9. The van der Waals surface area contributed by atoms with Crippen molar-refractivity contribution in [1.29, 1.82) is 0 Å². The summed E-state index contributed by atoms with van der Waals surface area (Å²) in [6.07, 6.45) is 8.02. The third-order valence-corrected chi connectivity index (χ3v) is 5.04. The molecule has 3 heteroatoms. The number of rotatable bonds is 5. The molecule has 2 N–H and O–H groups in total. The van der Waals surface area contributed by atoms with Crippen molar-refractivity contribution in [3.63, 3.8) is 0 Å². The van der Waals surface area contributed by atoms with Crippen LogP contribution in [0.5, 0.6) is 0 Å². The summed E-state index contributed by atoms with van der Waals surface area (Å²) < 4.78 is 5.94. The molecule has 2 aliphatic rings. The Bertz CT molecular complexity index is 420. The Hall–Kier alpha value is -0.900. The minimum absolute atomic E-state index is 0.175. The number of morpholine rings is 1. The highest BCUT2D eigenvalue weighted by atomic mass is 16.5. The van der Waals surface area contributed by atoms with Crippen LogP contribution in [0.3, 0.4) is 0 Å². The Morgan fingerprint density at radius 1 is 1.19 bits per heavy atom. The molecule has 0 bridgehead atoms. The van der Waals surface area contributed by atoms with Crippen molar-refractivity contribution in [2.45, 2.75) is 56.7 Å². The van der Waals surface area contributed by atoms with Crippen molar-refractivity contribution in [2.75, 3.05) is 19.7 Å². The first-order chi connectivity index (χ1) is 10.3. The zero-order valence-electron chi connectivity index (χ0n) is 12.9. The van der Waals surface area contributed by atoms with Gasteiger partial charge in [0.15, 0.2) is 0 Å². The predicted molar refractivity (Wildman–Crippen MR) is 86.2 cm³/mol. The monoisotopic (exact) mass is 288 g/mol. The van der Waals surface area contributed by atoms with Crippen LogP contribution in [-0.2, 0) is 4.74 Å². The Kier molecular flexibility index (Phi) is 5.28. The molecular weight excluding hydrogens is 260 g/mol. The fourth-order valence-corrected chi connectivity index (χ4v) is 3.84. The summed E-state index contributed by atoms with van der Waals surface area (Å²) >= 11 is 0. The summed E-state index contributed by atoms with van der Waals surface area (Å²) in [6, 6.07) is 11.3. The van der Waals surface area contributed by atoms with Crippen LogP contribution < -0.4 is 5.73 Å². The van der Waals surface area contributed by atoms with Crippen molar-refractivity contribution in [3.8, 4) is 0 Å². The molecular formula is C18H28N2O. The number of hydrogen-bond acceptors (Lipinski definition) is 3. The molecule has 3 atom stereocenters. The largest absolute Gasteiger partial charge is 0.375 e. The van der Waals surface area contributed by atoms with Gasteiger partial charge in [-0.3, -0.25) is 4.90 Å². The molecule has 1 saturated heterocycles. The van der Waals surface area contributed by atoms with Gasteiger partial charge in [0.05, 0.1) is 12.7 Å². The minimum Gasteiger partial charge on any atom is -0.375 e. The minimum atomic E-state index is 0.175. The lowest BCUT2D eigenvalue weighted by molar-refractivity contribution is -0.0883. The molecule has 3 rings (SSSR count). The van der Waals surface area contributed by atoms with E-state index in [1.54, 1.807) is 0 Å². The lowest BCUT2D eigenvalue weighted by atomic mass is 9.90. The fourth-order valence-electron chi connectivity index (χ4n) is 3.84. The number of fused-ring (bicyclic) bond motifs is 1. The van der Waals surface area contributed by atoms with E-state index in [9.17, 15) is 0 Å². The molecule has 2 fully saturated rings. The van der Waals surface area contributed by atoms with Crippen LogP contribution in [0.2, 0.25) is 0 Å².